The second-order valence-electron chi connectivity index (χ2n) is 7.47. The second-order valence-corrected chi connectivity index (χ2v) is 9.64. The van der Waals surface area contributed by atoms with Crippen LogP contribution in [-0.2, 0) is 24.2 Å². The van der Waals surface area contributed by atoms with Gasteiger partial charge in [-0.05, 0) is 31.6 Å². The number of unbranched alkanes of at least 4 members (excludes halogenated alkanes) is 4. The van der Waals surface area contributed by atoms with Crippen molar-refractivity contribution >= 4 is 33.3 Å². The van der Waals surface area contributed by atoms with Crippen molar-refractivity contribution in [1.82, 2.24) is 9.97 Å². The van der Waals surface area contributed by atoms with Gasteiger partial charge >= 0.3 is 0 Å². The van der Waals surface area contributed by atoms with Gasteiger partial charge in [0.1, 0.15) is 15.7 Å². The van der Waals surface area contributed by atoms with Gasteiger partial charge in [0.15, 0.2) is 0 Å². The predicted molar refractivity (Wildman–Crippen MR) is 109 cm³/mol. The maximum atomic E-state index is 6.01. The lowest BCUT2D eigenvalue weighted by atomic mass is 9.94. The molecule has 1 aliphatic heterocycles. The second kappa shape index (κ2) is 8.36. The largest absolute Gasteiger partial charge is 0.370 e. The van der Waals surface area contributed by atoms with E-state index in [-0.39, 0.29) is 5.60 Å². The van der Waals surface area contributed by atoms with Crippen molar-refractivity contribution < 1.29 is 4.74 Å². The minimum atomic E-state index is -0.0908. The Bertz CT molecular complexity index is 724. The zero-order valence-electron chi connectivity index (χ0n) is 16.0. The van der Waals surface area contributed by atoms with E-state index in [0.717, 1.165) is 29.2 Å². The van der Waals surface area contributed by atoms with Crippen LogP contribution >= 0.6 is 23.1 Å². The van der Waals surface area contributed by atoms with Crippen LogP contribution in [-0.4, -0.2) is 21.3 Å². The molecule has 0 aliphatic carbocycles. The molecule has 0 radical (unpaired) electrons. The first-order chi connectivity index (χ1) is 12.0. The van der Waals surface area contributed by atoms with Crippen molar-refractivity contribution in [1.29, 1.82) is 0 Å². The zero-order valence-corrected chi connectivity index (χ0v) is 17.6. The summed E-state index contributed by atoms with van der Waals surface area (Å²) in [6.07, 6.45) is 8.48. The van der Waals surface area contributed by atoms with Gasteiger partial charge in [-0.25, -0.2) is 9.97 Å². The maximum absolute atomic E-state index is 6.01. The number of thioether (sulfide) groups is 1. The third-order valence-corrected chi connectivity index (χ3v) is 6.91. The van der Waals surface area contributed by atoms with Crippen LogP contribution in [0.4, 0.5) is 0 Å². The summed E-state index contributed by atoms with van der Waals surface area (Å²) >= 11 is 3.73. The number of fused-ring (bicyclic) bond motifs is 3. The third-order valence-electron chi connectivity index (χ3n) is 4.75. The first kappa shape index (κ1) is 19.1. The van der Waals surface area contributed by atoms with Crippen molar-refractivity contribution in [3.05, 3.63) is 16.3 Å². The van der Waals surface area contributed by atoms with Crippen molar-refractivity contribution in [3.63, 3.8) is 0 Å². The van der Waals surface area contributed by atoms with Crippen molar-refractivity contribution in [3.8, 4) is 0 Å². The Labute approximate surface area is 160 Å². The Hall–Kier alpha value is -0.650. The molecule has 2 aromatic rings. The van der Waals surface area contributed by atoms with Crippen LogP contribution in [0.15, 0.2) is 5.03 Å². The monoisotopic (exact) mass is 378 g/mol. The summed E-state index contributed by atoms with van der Waals surface area (Å²) in [5, 5.41) is 2.51. The number of hydrogen-bond donors (Lipinski definition) is 0. The molecular formula is C20H30N2OS2. The Morgan fingerprint density at radius 2 is 1.92 bits per heavy atom. The number of nitrogens with zero attached hydrogens (tertiary/aromatic N) is 2. The van der Waals surface area contributed by atoms with Gasteiger partial charge in [-0.15, -0.1) is 23.1 Å². The Morgan fingerprint density at radius 3 is 2.68 bits per heavy atom. The van der Waals surface area contributed by atoms with Crippen molar-refractivity contribution in [2.45, 2.75) is 89.9 Å². The standard InChI is InChI=1S/C20H30N2OS2/c1-5-7-8-9-10-11-24-18-17-14-12-20(3,4)23-13-15(14)25-19(17)22-16(6-2)21-18/h5-13H2,1-4H3. The average molecular weight is 379 g/mol. The molecule has 0 unspecified atom stereocenters. The molecule has 0 saturated heterocycles. The van der Waals surface area contributed by atoms with E-state index < -0.39 is 0 Å². The number of ether oxygens (including phenoxy) is 1. The Morgan fingerprint density at radius 1 is 1.12 bits per heavy atom. The van der Waals surface area contributed by atoms with Gasteiger partial charge in [0.25, 0.3) is 0 Å². The number of aryl methyl sites for hydroxylation is 1. The van der Waals surface area contributed by atoms with Gasteiger partial charge in [-0.2, -0.15) is 0 Å². The molecule has 25 heavy (non-hydrogen) atoms. The van der Waals surface area contributed by atoms with Gasteiger partial charge in [0, 0.05) is 23.1 Å². The van der Waals surface area contributed by atoms with Gasteiger partial charge in [-0.1, -0.05) is 39.5 Å². The van der Waals surface area contributed by atoms with Crippen LogP contribution in [0, 0.1) is 0 Å². The molecule has 5 heteroatoms. The molecule has 0 atom stereocenters. The van der Waals surface area contributed by atoms with Gasteiger partial charge in [-0.3, -0.25) is 0 Å². The van der Waals surface area contributed by atoms with E-state index >= 15 is 0 Å². The molecule has 0 N–H and O–H groups in total. The molecule has 1 aliphatic rings. The van der Waals surface area contributed by atoms with E-state index in [2.05, 4.69) is 27.7 Å². The number of rotatable bonds is 8. The highest BCUT2D eigenvalue weighted by Gasteiger charge is 2.30. The van der Waals surface area contributed by atoms with Crippen LogP contribution in [0.5, 0.6) is 0 Å². The summed E-state index contributed by atoms with van der Waals surface area (Å²) in [6, 6.07) is 0. The summed E-state index contributed by atoms with van der Waals surface area (Å²) in [4.78, 5) is 12.2. The first-order valence-corrected chi connectivity index (χ1v) is 11.4. The molecular weight excluding hydrogens is 348 g/mol. The first-order valence-electron chi connectivity index (χ1n) is 9.62. The van der Waals surface area contributed by atoms with Gasteiger partial charge in [0.05, 0.1) is 12.2 Å². The summed E-state index contributed by atoms with van der Waals surface area (Å²) in [6.45, 7) is 9.48. The van der Waals surface area contributed by atoms with Crippen molar-refractivity contribution in [2.24, 2.45) is 0 Å². The number of hydrogen-bond acceptors (Lipinski definition) is 5. The normalized spacial score (nSPS) is 16.3. The summed E-state index contributed by atoms with van der Waals surface area (Å²) in [5.41, 5.74) is 1.35. The number of aromatic nitrogens is 2. The Kier molecular flexibility index (Phi) is 6.39. The van der Waals surface area contributed by atoms with Gasteiger partial charge < -0.3 is 4.74 Å². The molecule has 0 bridgehead atoms. The van der Waals surface area contributed by atoms with Crippen molar-refractivity contribution in [2.75, 3.05) is 5.75 Å². The lowest BCUT2D eigenvalue weighted by molar-refractivity contribution is -0.0379. The van der Waals surface area contributed by atoms with Crippen LogP contribution < -0.4 is 0 Å². The fourth-order valence-electron chi connectivity index (χ4n) is 3.29. The molecule has 0 saturated carbocycles. The maximum Gasteiger partial charge on any atom is 0.131 e. The average Bonchev–Trinajstić information content (AvgIpc) is 2.94. The molecule has 0 aromatic carbocycles. The molecule has 3 nitrogen and oxygen atoms in total. The minimum absolute atomic E-state index is 0.0908. The predicted octanol–water partition coefficient (Wildman–Crippen LogP) is 6.17. The van der Waals surface area contributed by atoms with Crippen LogP contribution in [0.1, 0.15) is 76.1 Å². The minimum Gasteiger partial charge on any atom is -0.370 e. The molecule has 0 amide bonds. The summed E-state index contributed by atoms with van der Waals surface area (Å²) in [5.74, 6) is 2.13. The topological polar surface area (TPSA) is 35.0 Å². The summed E-state index contributed by atoms with van der Waals surface area (Å²) < 4.78 is 6.01. The van der Waals surface area contributed by atoms with Crippen LogP contribution in [0.3, 0.4) is 0 Å². The SMILES string of the molecule is CCCCCCCSc1nc(CC)nc2sc3c(c12)CC(C)(C)OC3. The highest BCUT2D eigenvalue weighted by molar-refractivity contribution is 7.99. The molecule has 138 valence electrons. The fraction of sp³-hybridized carbons (Fsp3) is 0.700. The summed E-state index contributed by atoms with van der Waals surface area (Å²) in [7, 11) is 0. The van der Waals surface area contributed by atoms with E-state index in [1.807, 2.05) is 11.8 Å². The molecule has 3 heterocycles. The van der Waals surface area contributed by atoms with Crippen LogP contribution in [0.25, 0.3) is 10.2 Å². The van der Waals surface area contributed by atoms with E-state index in [1.54, 1.807) is 11.3 Å². The molecule has 3 rings (SSSR count). The molecule has 0 spiro atoms. The van der Waals surface area contributed by atoms with E-state index in [4.69, 9.17) is 14.7 Å². The Balaban J connectivity index is 1.84. The quantitative estimate of drug-likeness (QED) is 0.313. The van der Waals surface area contributed by atoms with E-state index in [1.165, 1.54) is 53.0 Å². The van der Waals surface area contributed by atoms with Crippen LogP contribution in [0.2, 0.25) is 0 Å². The van der Waals surface area contributed by atoms with E-state index in [0.29, 0.717) is 6.61 Å². The smallest absolute Gasteiger partial charge is 0.131 e. The van der Waals surface area contributed by atoms with E-state index in [9.17, 15) is 0 Å². The highest BCUT2D eigenvalue weighted by Crippen LogP contribution is 2.41. The van der Waals surface area contributed by atoms with Gasteiger partial charge in [0.2, 0.25) is 0 Å². The highest BCUT2D eigenvalue weighted by atomic mass is 32.2. The molecule has 0 fully saturated rings. The lowest BCUT2D eigenvalue weighted by Gasteiger charge is -2.30. The lowest BCUT2D eigenvalue weighted by Crippen LogP contribution is -2.31. The third kappa shape index (κ3) is 4.55. The number of thiophene rings is 1. The fourth-order valence-corrected chi connectivity index (χ4v) is 5.55. The zero-order chi connectivity index (χ0) is 17.9. The molecule has 2 aromatic heterocycles.